The Hall–Kier alpha value is -1.32. The van der Waals surface area contributed by atoms with Crippen LogP contribution < -0.4 is 5.32 Å². The molecule has 0 spiro atoms. The van der Waals surface area contributed by atoms with Crippen molar-refractivity contribution in [3.8, 4) is 5.75 Å². The number of phenolic OH excluding ortho intramolecular Hbond substituents is 1. The lowest BCUT2D eigenvalue weighted by Crippen LogP contribution is -2.49. The van der Waals surface area contributed by atoms with Crippen LogP contribution in [0.5, 0.6) is 5.75 Å². The molecule has 3 heteroatoms. The molecule has 0 amide bonds. The van der Waals surface area contributed by atoms with E-state index in [1.165, 1.54) is 50.5 Å². The number of rotatable bonds is 12. The summed E-state index contributed by atoms with van der Waals surface area (Å²) >= 11 is 0. The van der Waals surface area contributed by atoms with Gasteiger partial charge in [-0.1, -0.05) is 51.3 Å². The molecule has 0 bridgehead atoms. The molecule has 1 fully saturated rings. The van der Waals surface area contributed by atoms with E-state index in [0.29, 0.717) is 11.8 Å². The fraction of sp³-hybridized carbons (Fsp3) is 0.667. The second kappa shape index (κ2) is 11.5. The van der Waals surface area contributed by atoms with Gasteiger partial charge in [0.2, 0.25) is 0 Å². The van der Waals surface area contributed by atoms with Crippen molar-refractivity contribution < 1.29 is 5.11 Å². The number of phenols is 1. The third-order valence-corrected chi connectivity index (χ3v) is 6.09. The smallest absolute Gasteiger partial charge is 0.115 e. The lowest BCUT2D eigenvalue weighted by molar-refractivity contribution is 0.117. The normalized spacial score (nSPS) is 22.9. The first-order valence-corrected chi connectivity index (χ1v) is 11.0. The van der Waals surface area contributed by atoms with Crippen LogP contribution in [0.2, 0.25) is 0 Å². The van der Waals surface area contributed by atoms with E-state index in [2.05, 4.69) is 36.7 Å². The van der Waals surface area contributed by atoms with E-state index in [4.69, 9.17) is 0 Å². The van der Waals surface area contributed by atoms with Crippen molar-refractivity contribution >= 4 is 0 Å². The summed E-state index contributed by atoms with van der Waals surface area (Å²) in [5.74, 6) is 0.376. The van der Waals surface area contributed by atoms with Crippen molar-refractivity contribution in [1.82, 2.24) is 10.2 Å². The molecular formula is C24H40N2O. The van der Waals surface area contributed by atoms with Gasteiger partial charge in [0.25, 0.3) is 0 Å². The average molecular weight is 373 g/mol. The standard InChI is InChI=1S/C24H40N2O/c1-4-7-8-9-17-25-24(21-11-10-12-23(27)20-21)15-13-22(14-16-24)26(18-5-2)19-6-3/h5,10-12,20,22,25,27H,2,4,6-9,13-19H2,1,3H3. The monoisotopic (exact) mass is 372 g/mol. The summed E-state index contributed by atoms with van der Waals surface area (Å²) in [6.45, 7) is 11.7. The number of hydrogen-bond donors (Lipinski definition) is 2. The Morgan fingerprint density at radius 1 is 1.19 bits per heavy atom. The van der Waals surface area contributed by atoms with E-state index in [1.54, 1.807) is 6.07 Å². The third-order valence-electron chi connectivity index (χ3n) is 6.09. The Morgan fingerprint density at radius 2 is 1.96 bits per heavy atom. The Kier molecular flexibility index (Phi) is 9.36. The van der Waals surface area contributed by atoms with Crippen molar-refractivity contribution in [2.45, 2.75) is 83.2 Å². The molecule has 0 aliphatic heterocycles. The fourth-order valence-corrected chi connectivity index (χ4v) is 4.59. The number of unbranched alkanes of at least 4 members (excludes halogenated alkanes) is 3. The number of hydrogen-bond acceptors (Lipinski definition) is 3. The minimum Gasteiger partial charge on any atom is -0.508 e. The van der Waals surface area contributed by atoms with E-state index >= 15 is 0 Å². The maximum atomic E-state index is 10.0. The van der Waals surface area contributed by atoms with Crippen molar-refractivity contribution in [2.24, 2.45) is 0 Å². The summed E-state index contributed by atoms with van der Waals surface area (Å²) in [5, 5.41) is 13.9. The van der Waals surface area contributed by atoms with Gasteiger partial charge < -0.3 is 10.4 Å². The van der Waals surface area contributed by atoms with Crippen molar-refractivity contribution in [3.63, 3.8) is 0 Å². The molecule has 0 heterocycles. The zero-order valence-corrected chi connectivity index (χ0v) is 17.6. The van der Waals surface area contributed by atoms with Gasteiger partial charge in [-0.25, -0.2) is 0 Å². The lowest BCUT2D eigenvalue weighted by atomic mass is 9.74. The average Bonchev–Trinajstić information content (AvgIpc) is 2.68. The second-order valence-corrected chi connectivity index (χ2v) is 8.13. The van der Waals surface area contributed by atoms with Crippen LogP contribution in [0.4, 0.5) is 0 Å². The molecule has 0 unspecified atom stereocenters. The molecule has 1 aromatic rings. The fourth-order valence-electron chi connectivity index (χ4n) is 4.59. The summed E-state index contributed by atoms with van der Waals surface area (Å²) < 4.78 is 0. The van der Waals surface area contributed by atoms with Gasteiger partial charge in [-0.15, -0.1) is 6.58 Å². The van der Waals surface area contributed by atoms with Crippen LogP contribution in [0.25, 0.3) is 0 Å². The van der Waals surface area contributed by atoms with Crippen molar-refractivity contribution in [1.29, 1.82) is 0 Å². The third kappa shape index (κ3) is 6.36. The molecule has 1 aromatic carbocycles. The Labute approximate surface area is 166 Å². The number of nitrogens with one attached hydrogen (secondary N) is 1. The van der Waals surface area contributed by atoms with Crippen LogP contribution in [0.15, 0.2) is 36.9 Å². The predicted molar refractivity (Wildman–Crippen MR) is 116 cm³/mol. The van der Waals surface area contributed by atoms with Crippen LogP contribution in [0, 0.1) is 0 Å². The molecule has 0 radical (unpaired) electrons. The summed E-state index contributed by atoms with van der Waals surface area (Å²) in [5.41, 5.74) is 1.26. The van der Waals surface area contributed by atoms with Gasteiger partial charge in [0, 0.05) is 18.1 Å². The maximum Gasteiger partial charge on any atom is 0.115 e. The van der Waals surface area contributed by atoms with Gasteiger partial charge in [-0.05, 0) is 69.3 Å². The van der Waals surface area contributed by atoms with Gasteiger partial charge in [0.15, 0.2) is 0 Å². The van der Waals surface area contributed by atoms with Crippen LogP contribution in [0.3, 0.4) is 0 Å². The molecule has 1 saturated carbocycles. The summed E-state index contributed by atoms with van der Waals surface area (Å²) in [6.07, 6.45) is 13.0. The van der Waals surface area contributed by atoms with Gasteiger partial charge >= 0.3 is 0 Å². The highest BCUT2D eigenvalue weighted by atomic mass is 16.3. The Balaban J connectivity index is 2.07. The molecule has 152 valence electrons. The molecular weight excluding hydrogens is 332 g/mol. The van der Waals surface area contributed by atoms with Gasteiger partial charge in [0.1, 0.15) is 5.75 Å². The summed E-state index contributed by atoms with van der Waals surface area (Å²) in [6, 6.07) is 8.56. The molecule has 2 N–H and O–H groups in total. The minimum absolute atomic E-state index is 0.00746. The largest absolute Gasteiger partial charge is 0.508 e. The molecule has 2 rings (SSSR count). The van der Waals surface area contributed by atoms with Crippen molar-refractivity contribution in [2.75, 3.05) is 19.6 Å². The molecule has 0 atom stereocenters. The van der Waals surface area contributed by atoms with E-state index in [1.807, 2.05) is 18.2 Å². The Bertz CT molecular complexity index is 549. The first-order valence-electron chi connectivity index (χ1n) is 11.0. The van der Waals surface area contributed by atoms with Crippen LogP contribution in [0.1, 0.15) is 77.2 Å². The number of nitrogens with zero attached hydrogens (tertiary/aromatic N) is 1. The predicted octanol–water partition coefficient (Wildman–Crippen LogP) is 5.60. The van der Waals surface area contributed by atoms with Crippen LogP contribution in [-0.4, -0.2) is 35.7 Å². The van der Waals surface area contributed by atoms with E-state index in [0.717, 1.165) is 32.5 Å². The second-order valence-electron chi connectivity index (χ2n) is 8.13. The molecule has 1 aliphatic carbocycles. The molecule has 3 nitrogen and oxygen atoms in total. The van der Waals surface area contributed by atoms with Crippen LogP contribution in [-0.2, 0) is 5.54 Å². The topological polar surface area (TPSA) is 35.5 Å². The summed E-state index contributed by atoms with van der Waals surface area (Å²) in [4.78, 5) is 2.60. The molecule has 27 heavy (non-hydrogen) atoms. The van der Waals surface area contributed by atoms with E-state index < -0.39 is 0 Å². The first kappa shape index (κ1) is 22.0. The zero-order chi connectivity index (χ0) is 19.5. The van der Waals surface area contributed by atoms with Crippen LogP contribution >= 0.6 is 0 Å². The highest BCUT2D eigenvalue weighted by molar-refractivity contribution is 5.33. The number of benzene rings is 1. The van der Waals surface area contributed by atoms with Crippen molar-refractivity contribution in [3.05, 3.63) is 42.5 Å². The SMILES string of the molecule is C=CCN(CCC)C1CCC(NCCCCCC)(c2cccc(O)c2)CC1. The molecule has 0 saturated heterocycles. The first-order chi connectivity index (χ1) is 13.1. The lowest BCUT2D eigenvalue weighted by Gasteiger charge is -2.44. The van der Waals surface area contributed by atoms with E-state index in [-0.39, 0.29) is 5.54 Å². The molecule has 0 aromatic heterocycles. The Morgan fingerprint density at radius 3 is 2.59 bits per heavy atom. The quantitative estimate of drug-likeness (QED) is 0.370. The zero-order valence-electron chi connectivity index (χ0n) is 17.6. The highest BCUT2D eigenvalue weighted by Gasteiger charge is 2.37. The summed E-state index contributed by atoms with van der Waals surface area (Å²) in [7, 11) is 0. The molecule has 1 aliphatic rings. The minimum atomic E-state index is 0.00746. The van der Waals surface area contributed by atoms with Gasteiger partial charge in [-0.3, -0.25) is 4.90 Å². The maximum absolute atomic E-state index is 10.0. The van der Waals surface area contributed by atoms with Gasteiger partial charge in [0.05, 0.1) is 0 Å². The highest BCUT2D eigenvalue weighted by Crippen LogP contribution is 2.39. The number of aromatic hydroxyl groups is 1. The van der Waals surface area contributed by atoms with Gasteiger partial charge in [-0.2, -0.15) is 0 Å². The van der Waals surface area contributed by atoms with E-state index in [9.17, 15) is 5.11 Å².